The number of thioether (sulfide) groups is 1. The number of fused-ring (bicyclic) bond motifs is 3. The van der Waals surface area contributed by atoms with Crippen LogP contribution in [0.1, 0.15) is 63.5 Å². The number of furan rings is 1. The van der Waals surface area contributed by atoms with Crippen molar-refractivity contribution in [2.24, 2.45) is 11.8 Å². The number of nitrogens with zero attached hydrogens (tertiary/aromatic N) is 1. The van der Waals surface area contributed by atoms with Gasteiger partial charge in [-0.2, -0.15) is 0 Å². The lowest BCUT2D eigenvalue weighted by Gasteiger charge is -2.38. The molecule has 208 valence electrons. The third-order valence-corrected chi connectivity index (χ3v) is 9.96. The highest BCUT2D eigenvalue weighted by molar-refractivity contribution is 8.07. The van der Waals surface area contributed by atoms with E-state index in [2.05, 4.69) is 6.58 Å². The minimum atomic E-state index is -0.702. The maximum atomic E-state index is 13.5. The molecular weight excluding hydrogens is 526 g/mol. The summed E-state index contributed by atoms with van der Waals surface area (Å²) in [7, 11) is 0. The van der Waals surface area contributed by atoms with Crippen LogP contribution in [0, 0.1) is 11.8 Å². The van der Waals surface area contributed by atoms with Gasteiger partial charge in [0.25, 0.3) is 5.91 Å². The lowest BCUT2D eigenvalue weighted by molar-refractivity contribution is -0.129. The largest absolute Gasteiger partial charge is 0.506 e. The van der Waals surface area contributed by atoms with E-state index >= 15 is 0 Å². The molecule has 4 fully saturated rings. The first-order valence-corrected chi connectivity index (χ1v) is 15.2. The number of ether oxygens (including phenoxy) is 1. The van der Waals surface area contributed by atoms with Gasteiger partial charge in [0.1, 0.15) is 34.2 Å². The fourth-order valence-corrected chi connectivity index (χ4v) is 8.01. The van der Waals surface area contributed by atoms with Crippen molar-refractivity contribution in [1.29, 1.82) is 0 Å². The van der Waals surface area contributed by atoms with Gasteiger partial charge in [0, 0.05) is 23.1 Å². The molecule has 2 aromatic heterocycles. The zero-order valence-electron chi connectivity index (χ0n) is 22.4. The SMILES string of the molecule is C=C1CN(C2CC3CCC2C3)C(=O)C(=Cc2ccc(-c3c(O)c4ccc(OC5CCCCC5)cc4oc3=O)o2)S1. The summed E-state index contributed by atoms with van der Waals surface area (Å²) in [6.07, 6.45) is 12.2. The fourth-order valence-electron chi connectivity index (χ4n) is 7.11. The van der Waals surface area contributed by atoms with E-state index in [0.717, 1.165) is 42.9 Å². The van der Waals surface area contributed by atoms with Gasteiger partial charge in [0.05, 0.1) is 22.9 Å². The number of amides is 1. The van der Waals surface area contributed by atoms with Crippen molar-refractivity contribution < 1.29 is 23.5 Å². The third-order valence-electron chi connectivity index (χ3n) is 9.03. The average molecular weight is 560 g/mol. The van der Waals surface area contributed by atoms with Crippen molar-refractivity contribution in [3.63, 3.8) is 0 Å². The summed E-state index contributed by atoms with van der Waals surface area (Å²) in [5.74, 6) is 2.35. The fraction of sp³-hybridized carbons (Fsp3) is 0.438. The maximum Gasteiger partial charge on any atom is 0.351 e. The molecule has 7 nitrogen and oxygen atoms in total. The molecule has 3 saturated carbocycles. The Hall–Kier alpha value is -3.39. The first-order chi connectivity index (χ1) is 19.4. The third kappa shape index (κ3) is 4.66. The highest BCUT2D eigenvalue weighted by atomic mass is 32.2. The monoisotopic (exact) mass is 559 g/mol. The van der Waals surface area contributed by atoms with Crippen LogP contribution in [0.3, 0.4) is 0 Å². The van der Waals surface area contributed by atoms with Crippen molar-refractivity contribution in [1.82, 2.24) is 4.90 Å². The summed E-state index contributed by atoms with van der Waals surface area (Å²) in [4.78, 5) is 29.9. The summed E-state index contributed by atoms with van der Waals surface area (Å²) in [5, 5.41) is 11.5. The number of rotatable bonds is 5. The number of hydrogen-bond donors (Lipinski definition) is 1. The molecule has 4 aliphatic rings. The van der Waals surface area contributed by atoms with Gasteiger partial charge < -0.3 is 23.6 Å². The molecule has 3 unspecified atom stereocenters. The van der Waals surface area contributed by atoms with Crippen molar-refractivity contribution in [2.75, 3.05) is 6.54 Å². The predicted octanol–water partition coefficient (Wildman–Crippen LogP) is 7.09. The smallest absolute Gasteiger partial charge is 0.351 e. The number of benzene rings is 1. The Morgan fingerprint density at radius 3 is 2.65 bits per heavy atom. The van der Waals surface area contributed by atoms with Gasteiger partial charge in [0.2, 0.25) is 0 Å². The first kappa shape index (κ1) is 25.6. The van der Waals surface area contributed by atoms with Crippen LogP contribution >= 0.6 is 11.8 Å². The van der Waals surface area contributed by atoms with E-state index in [1.807, 2.05) is 4.90 Å². The molecule has 7 rings (SSSR count). The van der Waals surface area contributed by atoms with Crippen LogP contribution in [0.15, 0.2) is 60.3 Å². The molecule has 0 radical (unpaired) electrons. The van der Waals surface area contributed by atoms with Crippen LogP contribution in [0.2, 0.25) is 0 Å². The van der Waals surface area contributed by atoms with E-state index in [4.69, 9.17) is 13.6 Å². The second-order valence-corrected chi connectivity index (χ2v) is 12.9. The van der Waals surface area contributed by atoms with Crippen LogP contribution in [-0.2, 0) is 4.79 Å². The van der Waals surface area contributed by atoms with Crippen LogP contribution in [-0.4, -0.2) is 34.6 Å². The first-order valence-electron chi connectivity index (χ1n) is 14.4. The second kappa shape index (κ2) is 10.2. The number of carbonyl (C=O) groups excluding carboxylic acids is 1. The summed E-state index contributed by atoms with van der Waals surface area (Å²) >= 11 is 1.37. The van der Waals surface area contributed by atoms with E-state index in [0.29, 0.717) is 34.3 Å². The minimum absolute atomic E-state index is 0.00668. The molecule has 3 atom stereocenters. The molecule has 40 heavy (non-hydrogen) atoms. The highest BCUT2D eigenvalue weighted by Crippen LogP contribution is 2.49. The Morgan fingerprint density at radius 2 is 1.88 bits per heavy atom. The van der Waals surface area contributed by atoms with E-state index in [1.54, 1.807) is 36.4 Å². The zero-order valence-corrected chi connectivity index (χ0v) is 23.2. The molecule has 2 bridgehead atoms. The molecule has 3 heterocycles. The molecule has 0 spiro atoms. The van der Waals surface area contributed by atoms with Gasteiger partial charge in [0.15, 0.2) is 0 Å². The zero-order chi connectivity index (χ0) is 27.4. The Kier molecular flexibility index (Phi) is 6.53. The van der Waals surface area contributed by atoms with Gasteiger partial charge in [-0.05, 0) is 81.0 Å². The van der Waals surface area contributed by atoms with Crippen LogP contribution < -0.4 is 10.4 Å². The van der Waals surface area contributed by atoms with Gasteiger partial charge >= 0.3 is 5.63 Å². The summed E-state index contributed by atoms with van der Waals surface area (Å²) in [6, 6.07) is 8.75. The Morgan fingerprint density at radius 1 is 1.02 bits per heavy atom. The van der Waals surface area contributed by atoms with E-state index in [9.17, 15) is 14.7 Å². The molecule has 1 aliphatic heterocycles. The molecule has 3 aliphatic carbocycles. The minimum Gasteiger partial charge on any atom is -0.506 e. The van der Waals surface area contributed by atoms with Gasteiger partial charge in [-0.25, -0.2) is 4.79 Å². The average Bonchev–Trinajstić information content (AvgIpc) is 3.69. The molecule has 1 amide bonds. The van der Waals surface area contributed by atoms with E-state index < -0.39 is 5.63 Å². The molecule has 1 N–H and O–H groups in total. The normalized spacial score (nSPS) is 26.4. The number of hydrogen-bond acceptors (Lipinski definition) is 7. The van der Waals surface area contributed by atoms with Gasteiger partial charge in [-0.15, -0.1) is 0 Å². The maximum absolute atomic E-state index is 13.5. The molecule has 3 aromatic rings. The molecule has 1 aromatic carbocycles. The van der Waals surface area contributed by atoms with Crippen molar-refractivity contribution in [3.05, 3.63) is 62.9 Å². The topological polar surface area (TPSA) is 93.1 Å². The summed E-state index contributed by atoms with van der Waals surface area (Å²) in [5.41, 5.74) is -0.488. The Bertz CT molecular complexity index is 1580. The number of aromatic hydroxyl groups is 1. The van der Waals surface area contributed by atoms with Crippen LogP contribution in [0.4, 0.5) is 0 Å². The van der Waals surface area contributed by atoms with Gasteiger partial charge in [-0.3, -0.25) is 4.79 Å². The van der Waals surface area contributed by atoms with Crippen LogP contribution in [0.25, 0.3) is 28.4 Å². The molecule has 8 heteroatoms. The summed E-state index contributed by atoms with van der Waals surface area (Å²) < 4.78 is 17.7. The Labute approximate surface area is 236 Å². The lowest BCUT2D eigenvalue weighted by Crippen LogP contribution is -2.46. The quantitative estimate of drug-likeness (QED) is 0.263. The standard InChI is InChI=1S/C32H33NO6S/c1-18-17-33(25-14-19-7-8-20(25)13-19)31(35)28(40-18)16-23-10-12-26(38-23)29-30(34)24-11-9-22(15-27(24)39-32(29)36)37-21-5-3-2-4-6-21/h9-12,15-16,19-21,25,34H,1-8,13-14,17H2. The Balaban J connectivity index is 1.14. The van der Waals surface area contributed by atoms with Gasteiger partial charge in [-0.1, -0.05) is 31.2 Å². The van der Waals surface area contributed by atoms with E-state index in [1.165, 1.54) is 37.4 Å². The van der Waals surface area contributed by atoms with Crippen molar-refractivity contribution >= 4 is 34.7 Å². The van der Waals surface area contributed by atoms with Crippen molar-refractivity contribution in [3.8, 4) is 22.8 Å². The second-order valence-electron chi connectivity index (χ2n) is 11.7. The van der Waals surface area contributed by atoms with Crippen molar-refractivity contribution in [2.45, 2.75) is 69.9 Å². The highest BCUT2D eigenvalue weighted by Gasteiger charge is 2.45. The predicted molar refractivity (Wildman–Crippen MR) is 155 cm³/mol. The molecular formula is C32H33NO6S. The lowest BCUT2D eigenvalue weighted by atomic mass is 9.93. The summed E-state index contributed by atoms with van der Waals surface area (Å²) in [6.45, 7) is 4.75. The number of carbonyl (C=O) groups is 1. The van der Waals surface area contributed by atoms with E-state index in [-0.39, 0.29) is 40.7 Å². The van der Waals surface area contributed by atoms with Crippen LogP contribution in [0.5, 0.6) is 11.5 Å². The molecule has 1 saturated heterocycles.